The van der Waals surface area contributed by atoms with E-state index in [0.29, 0.717) is 5.54 Å². The molecule has 0 spiro atoms. The van der Waals surface area contributed by atoms with Gasteiger partial charge in [-0.2, -0.15) is 5.26 Å². The van der Waals surface area contributed by atoms with E-state index in [1.807, 2.05) is 17.7 Å². The van der Waals surface area contributed by atoms with E-state index in [-0.39, 0.29) is 0 Å². The quantitative estimate of drug-likeness (QED) is 0.814. The second kappa shape index (κ2) is 3.39. The molecule has 1 saturated carbocycles. The summed E-state index contributed by atoms with van der Waals surface area (Å²) in [4.78, 5) is 0. The summed E-state index contributed by atoms with van der Waals surface area (Å²) < 4.78 is 1.95. The first-order valence-electron chi connectivity index (χ1n) is 5.36. The molecule has 1 aliphatic carbocycles. The van der Waals surface area contributed by atoms with Crippen LogP contribution in [0.2, 0.25) is 0 Å². The van der Waals surface area contributed by atoms with Gasteiger partial charge in [-0.05, 0) is 38.3 Å². The van der Waals surface area contributed by atoms with Crippen molar-refractivity contribution in [3.8, 4) is 6.07 Å². The van der Waals surface area contributed by atoms with Crippen molar-refractivity contribution in [1.82, 2.24) is 9.88 Å². The zero-order valence-corrected chi connectivity index (χ0v) is 9.59. The number of hydrogen-bond donors (Lipinski definition) is 1. The Balaban J connectivity index is 2.11. The molecule has 0 amide bonds. The summed E-state index contributed by atoms with van der Waals surface area (Å²) in [5, 5.41) is 12.4. The van der Waals surface area contributed by atoms with Gasteiger partial charge >= 0.3 is 0 Å². The first kappa shape index (κ1) is 10.3. The molecule has 0 radical (unpaired) electrons. The van der Waals surface area contributed by atoms with Gasteiger partial charge < -0.3 is 9.88 Å². The molecule has 0 aliphatic heterocycles. The van der Waals surface area contributed by atoms with Gasteiger partial charge in [0.2, 0.25) is 0 Å². The Morgan fingerprint density at radius 3 is 2.73 bits per heavy atom. The summed E-state index contributed by atoms with van der Waals surface area (Å²) in [6.45, 7) is 5.18. The van der Waals surface area contributed by atoms with Crippen molar-refractivity contribution in [3.05, 3.63) is 23.0 Å². The minimum atomic E-state index is 0.356. The van der Waals surface area contributed by atoms with Gasteiger partial charge in [-0.25, -0.2) is 0 Å². The zero-order valence-electron chi connectivity index (χ0n) is 9.59. The second-order valence-corrected chi connectivity index (χ2v) is 4.73. The number of hydrogen-bond acceptors (Lipinski definition) is 2. The summed E-state index contributed by atoms with van der Waals surface area (Å²) in [5.41, 5.74) is 3.52. The van der Waals surface area contributed by atoms with E-state index in [1.54, 1.807) is 0 Å². The van der Waals surface area contributed by atoms with Gasteiger partial charge in [-0.15, -0.1) is 0 Å². The number of nitriles is 1. The van der Waals surface area contributed by atoms with Gasteiger partial charge in [0, 0.05) is 24.8 Å². The normalized spacial score (nSPS) is 17.5. The van der Waals surface area contributed by atoms with Crippen molar-refractivity contribution >= 4 is 0 Å². The fraction of sp³-hybridized carbons (Fsp3) is 0.583. The maximum atomic E-state index is 8.91. The third kappa shape index (κ3) is 1.91. The molecule has 0 bridgehead atoms. The predicted octanol–water partition coefficient (Wildman–Crippen LogP) is 1.85. The first-order chi connectivity index (χ1) is 7.06. The number of aromatic nitrogens is 1. The van der Waals surface area contributed by atoms with Crippen LogP contribution in [0, 0.1) is 18.3 Å². The van der Waals surface area contributed by atoms with Gasteiger partial charge in [-0.3, -0.25) is 0 Å². The van der Waals surface area contributed by atoms with E-state index in [2.05, 4.69) is 25.2 Å². The van der Waals surface area contributed by atoms with E-state index in [4.69, 9.17) is 5.26 Å². The highest BCUT2D eigenvalue weighted by atomic mass is 15.0. The van der Waals surface area contributed by atoms with Crippen molar-refractivity contribution in [2.45, 2.75) is 38.8 Å². The van der Waals surface area contributed by atoms with Crippen LogP contribution < -0.4 is 5.32 Å². The van der Waals surface area contributed by atoms with Crippen LogP contribution in [-0.2, 0) is 13.6 Å². The van der Waals surface area contributed by atoms with Crippen molar-refractivity contribution in [1.29, 1.82) is 5.26 Å². The van der Waals surface area contributed by atoms with Crippen molar-refractivity contribution in [3.63, 3.8) is 0 Å². The molecular formula is C12H17N3. The Labute approximate surface area is 90.7 Å². The van der Waals surface area contributed by atoms with Gasteiger partial charge in [0.15, 0.2) is 0 Å². The fourth-order valence-corrected chi connectivity index (χ4v) is 1.72. The highest BCUT2D eigenvalue weighted by Crippen LogP contribution is 2.34. The van der Waals surface area contributed by atoms with Crippen LogP contribution in [0.4, 0.5) is 0 Å². The van der Waals surface area contributed by atoms with Crippen LogP contribution in [0.25, 0.3) is 0 Å². The fourth-order valence-electron chi connectivity index (χ4n) is 1.72. The standard InChI is InChI=1S/C12H17N3/c1-9-10(6-11(7-13)15(9)3)8-14-12(2)4-5-12/h6,14H,4-5,8H2,1-3H3. The highest BCUT2D eigenvalue weighted by Gasteiger charge is 2.36. The van der Waals surface area contributed by atoms with Crippen LogP contribution in [0.3, 0.4) is 0 Å². The highest BCUT2D eigenvalue weighted by molar-refractivity contribution is 5.34. The number of nitrogens with one attached hydrogen (secondary N) is 1. The van der Waals surface area contributed by atoms with Gasteiger partial charge in [0.1, 0.15) is 11.8 Å². The van der Waals surface area contributed by atoms with Crippen LogP contribution >= 0.6 is 0 Å². The lowest BCUT2D eigenvalue weighted by Gasteiger charge is -2.10. The maximum absolute atomic E-state index is 8.91. The molecule has 3 nitrogen and oxygen atoms in total. The number of nitrogens with zero attached hydrogens (tertiary/aromatic N) is 2. The van der Waals surface area contributed by atoms with Gasteiger partial charge in [-0.1, -0.05) is 0 Å². The molecular weight excluding hydrogens is 186 g/mol. The van der Waals surface area contributed by atoms with Crippen LogP contribution in [-0.4, -0.2) is 10.1 Å². The van der Waals surface area contributed by atoms with Crippen molar-refractivity contribution in [2.75, 3.05) is 0 Å². The molecule has 0 unspecified atom stereocenters. The third-order valence-corrected chi connectivity index (χ3v) is 3.46. The predicted molar refractivity (Wildman–Crippen MR) is 59.3 cm³/mol. The lowest BCUT2D eigenvalue weighted by atomic mass is 10.2. The monoisotopic (exact) mass is 203 g/mol. The van der Waals surface area contributed by atoms with E-state index < -0.39 is 0 Å². The summed E-state index contributed by atoms with van der Waals surface area (Å²) in [5.74, 6) is 0. The van der Waals surface area contributed by atoms with Crippen LogP contribution in [0.1, 0.15) is 36.7 Å². The molecule has 3 heteroatoms. The summed E-state index contributed by atoms with van der Waals surface area (Å²) in [7, 11) is 1.94. The molecule has 0 saturated heterocycles. The van der Waals surface area contributed by atoms with E-state index in [1.165, 1.54) is 24.1 Å². The molecule has 1 aromatic heterocycles. The minimum Gasteiger partial charge on any atom is -0.340 e. The Hall–Kier alpha value is -1.27. The van der Waals surface area contributed by atoms with Gasteiger partial charge in [0.25, 0.3) is 0 Å². The molecule has 2 rings (SSSR count). The van der Waals surface area contributed by atoms with E-state index in [0.717, 1.165) is 12.2 Å². The van der Waals surface area contributed by atoms with Crippen LogP contribution in [0.15, 0.2) is 6.07 Å². The summed E-state index contributed by atoms with van der Waals surface area (Å²) >= 11 is 0. The molecule has 1 aromatic rings. The molecule has 80 valence electrons. The molecule has 1 aliphatic rings. The SMILES string of the molecule is Cc1c(CNC2(C)CC2)cc(C#N)n1C. The van der Waals surface area contributed by atoms with E-state index >= 15 is 0 Å². The Morgan fingerprint density at radius 2 is 2.27 bits per heavy atom. The third-order valence-electron chi connectivity index (χ3n) is 3.46. The minimum absolute atomic E-state index is 0.356. The van der Waals surface area contributed by atoms with Crippen molar-refractivity contribution < 1.29 is 0 Å². The lowest BCUT2D eigenvalue weighted by Crippen LogP contribution is -2.27. The molecule has 15 heavy (non-hydrogen) atoms. The molecule has 1 N–H and O–H groups in total. The van der Waals surface area contributed by atoms with E-state index in [9.17, 15) is 0 Å². The van der Waals surface area contributed by atoms with Gasteiger partial charge in [0.05, 0.1) is 0 Å². The Bertz CT molecular complexity index is 419. The molecule has 0 aromatic carbocycles. The molecule has 1 fully saturated rings. The smallest absolute Gasteiger partial charge is 0.120 e. The topological polar surface area (TPSA) is 40.8 Å². The Morgan fingerprint density at radius 1 is 1.60 bits per heavy atom. The second-order valence-electron chi connectivity index (χ2n) is 4.73. The average Bonchev–Trinajstić information content (AvgIpc) is 2.89. The van der Waals surface area contributed by atoms with Crippen LogP contribution in [0.5, 0.6) is 0 Å². The Kier molecular flexibility index (Phi) is 2.32. The first-order valence-corrected chi connectivity index (χ1v) is 5.36. The maximum Gasteiger partial charge on any atom is 0.120 e. The average molecular weight is 203 g/mol. The zero-order chi connectivity index (χ0) is 11.1. The number of rotatable bonds is 3. The largest absolute Gasteiger partial charge is 0.340 e. The summed E-state index contributed by atoms with van der Waals surface area (Å²) in [6.07, 6.45) is 2.54. The van der Waals surface area contributed by atoms with Crippen molar-refractivity contribution in [2.24, 2.45) is 7.05 Å². The molecule has 1 heterocycles. The lowest BCUT2D eigenvalue weighted by molar-refractivity contribution is 0.536. The molecule has 0 atom stereocenters. The summed E-state index contributed by atoms with van der Waals surface area (Å²) in [6, 6.07) is 4.18.